The van der Waals surface area contributed by atoms with E-state index in [2.05, 4.69) is 9.71 Å². The fraction of sp³-hybridized carbons (Fsp3) is 0.667. The summed E-state index contributed by atoms with van der Waals surface area (Å²) in [5, 5.41) is 0. The fourth-order valence-electron chi connectivity index (χ4n) is 0.897. The number of nitrogens with one attached hydrogen (secondary N) is 1. The highest BCUT2D eigenvalue weighted by Gasteiger charge is 2.24. The summed E-state index contributed by atoms with van der Waals surface area (Å²) in [5.74, 6) is 0.334. The molecule has 0 radical (unpaired) electrons. The highest BCUT2D eigenvalue weighted by molar-refractivity contribution is 7.84. The van der Waals surface area contributed by atoms with E-state index in [0.29, 0.717) is 10.3 Å². The standard InChI is InChI=1S/C9H14Cl2N2OS2/c1-9(2,3)16(14)13-6(4-10)7-5-12-8(11)15-7/h5-6,13H,4H2,1-3H3/t6-,16?/m1/s1. The van der Waals surface area contributed by atoms with E-state index in [0.717, 1.165) is 4.88 Å². The molecule has 1 rings (SSSR count). The van der Waals surface area contributed by atoms with Crippen molar-refractivity contribution in [2.45, 2.75) is 31.6 Å². The van der Waals surface area contributed by atoms with Gasteiger partial charge in [-0.2, -0.15) is 0 Å². The highest BCUT2D eigenvalue weighted by atomic mass is 35.5. The van der Waals surface area contributed by atoms with Crippen LogP contribution < -0.4 is 4.72 Å². The molecular formula is C9H14Cl2N2OS2. The first kappa shape index (κ1) is 14.4. The maximum absolute atomic E-state index is 11.9. The van der Waals surface area contributed by atoms with Gasteiger partial charge < -0.3 is 0 Å². The molecule has 16 heavy (non-hydrogen) atoms. The molecule has 0 spiro atoms. The van der Waals surface area contributed by atoms with E-state index in [1.807, 2.05) is 20.8 Å². The minimum Gasteiger partial charge on any atom is -0.242 e. The highest BCUT2D eigenvalue weighted by Crippen LogP contribution is 2.26. The van der Waals surface area contributed by atoms with Gasteiger partial charge in [0.05, 0.1) is 21.8 Å². The molecular weight excluding hydrogens is 287 g/mol. The molecule has 1 aromatic rings. The average molecular weight is 301 g/mol. The van der Waals surface area contributed by atoms with E-state index in [-0.39, 0.29) is 10.8 Å². The number of hydrogen-bond acceptors (Lipinski definition) is 3. The van der Waals surface area contributed by atoms with E-state index in [1.165, 1.54) is 11.3 Å². The lowest BCUT2D eigenvalue weighted by molar-refractivity contribution is 0.619. The number of aromatic nitrogens is 1. The van der Waals surface area contributed by atoms with Crippen LogP contribution in [0.15, 0.2) is 6.20 Å². The molecule has 0 aliphatic heterocycles. The van der Waals surface area contributed by atoms with Crippen molar-refractivity contribution in [3.8, 4) is 0 Å². The third-order valence-electron chi connectivity index (χ3n) is 1.80. The molecule has 1 N–H and O–H groups in total. The van der Waals surface area contributed by atoms with Crippen LogP contribution in [-0.2, 0) is 11.0 Å². The molecule has 0 fully saturated rings. The molecule has 0 amide bonds. The Hall–Kier alpha value is 0.320. The Morgan fingerprint density at radius 2 is 2.25 bits per heavy atom. The molecule has 3 nitrogen and oxygen atoms in total. The van der Waals surface area contributed by atoms with Crippen LogP contribution in [0.1, 0.15) is 31.7 Å². The van der Waals surface area contributed by atoms with Crippen molar-refractivity contribution in [2.75, 3.05) is 5.88 Å². The van der Waals surface area contributed by atoms with Gasteiger partial charge in [-0.05, 0) is 20.8 Å². The van der Waals surface area contributed by atoms with Gasteiger partial charge in [-0.3, -0.25) is 0 Å². The summed E-state index contributed by atoms with van der Waals surface area (Å²) in [4.78, 5) is 4.84. The summed E-state index contributed by atoms with van der Waals surface area (Å²) < 4.78 is 15.0. The van der Waals surface area contributed by atoms with E-state index in [4.69, 9.17) is 23.2 Å². The predicted octanol–water partition coefficient (Wildman–Crippen LogP) is 3.13. The number of rotatable bonds is 4. The first-order valence-corrected chi connectivity index (χ1v) is 7.57. The normalized spacial score (nSPS) is 16.1. The summed E-state index contributed by atoms with van der Waals surface area (Å²) in [7, 11) is -1.16. The van der Waals surface area contributed by atoms with E-state index in [9.17, 15) is 4.21 Å². The number of nitrogens with zero attached hydrogens (tertiary/aromatic N) is 1. The zero-order chi connectivity index (χ0) is 12.3. The number of halogens is 2. The van der Waals surface area contributed by atoms with Crippen molar-refractivity contribution in [1.29, 1.82) is 0 Å². The van der Waals surface area contributed by atoms with E-state index >= 15 is 0 Å². The Bertz CT molecular complexity index is 376. The van der Waals surface area contributed by atoms with Crippen LogP contribution >= 0.6 is 34.5 Å². The van der Waals surface area contributed by atoms with Gasteiger partial charge in [-0.15, -0.1) is 22.9 Å². The summed E-state index contributed by atoms with van der Waals surface area (Å²) in [6.45, 7) is 5.71. The second-order valence-electron chi connectivity index (χ2n) is 4.22. The molecule has 1 unspecified atom stereocenters. The first-order valence-electron chi connectivity index (χ1n) is 4.70. The zero-order valence-electron chi connectivity index (χ0n) is 9.29. The van der Waals surface area contributed by atoms with Crippen molar-refractivity contribution in [2.24, 2.45) is 0 Å². The summed E-state index contributed by atoms with van der Waals surface area (Å²) in [6.07, 6.45) is 1.66. The Labute approximate surface area is 112 Å². The van der Waals surface area contributed by atoms with Crippen molar-refractivity contribution in [3.63, 3.8) is 0 Å². The number of thiazole rings is 1. The molecule has 0 aliphatic carbocycles. The SMILES string of the molecule is CC(C)(C)S(=O)N[C@H](CCl)c1cnc(Cl)s1. The molecule has 0 aliphatic rings. The quantitative estimate of drug-likeness (QED) is 0.868. The van der Waals surface area contributed by atoms with Crippen LogP contribution in [0.4, 0.5) is 0 Å². The summed E-state index contributed by atoms with van der Waals surface area (Å²) in [5.41, 5.74) is 0. The molecule has 1 heterocycles. The van der Waals surface area contributed by atoms with Crippen LogP contribution in [0, 0.1) is 0 Å². The van der Waals surface area contributed by atoms with Gasteiger partial charge in [0.25, 0.3) is 0 Å². The third-order valence-corrected chi connectivity index (χ3v) is 4.95. The summed E-state index contributed by atoms with van der Waals surface area (Å²) in [6, 6.07) is -0.174. The Morgan fingerprint density at radius 3 is 2.62 bits per heavy atom. The maximum Gasteiger partial charge on any atom is 0.183 e. The van der Waals surface area contributed by atoms with Crippen LogP contribution in [0.25, 0.3) is 0 Å². The maximum atomic E-state index is 11.9. The lowest BCUT2D eigenvalue weighted by Gasteiger charge is -2.22. The molecule has 2 atom stereocenters. The molecule has 1 aromatic heterocycles. The van der Waals surface area contributed by atoms with Crippen molar-refractivity contribution in [1.82, 2.24) is 9.71 Å². The van der Waals surface area contributed by atoms with Crippen LogP contribution in [0.5, 0.6) is 0 Å². The number of alkyl halides is 1. The van der Waals surface area contributed by atoms with Crippen molar-refractivity contribution in [3.05, 3.63) is 15.5 Å². The van der Waals surface area contributed by atoms with Gasteiger partial charge in [-0.1, -0.05) is 11.6 Å². The average Bonchev–Trinajstić information content (AvgIpc) is 2.59. The Balaban J connectivity index is 2.74. The second kappa shape index (κ2) is 5.78. The molecule has 92 valence electrons. The van der Waals surface area contributed by atoms with Crippen LogP contribution in [-0.4, -0.2) is 19.8 Å². The number of hydrogen-bond donors (Lipinski definition) is 1. The molecule has 0 saturated heterocycles. The first-order chi connectivity index (χ1) is 7.34. The smallest absolute Gasteiger partial charge is 0.183 e. The minimum atomic E-state index is -1.16. The van der Waals surface area contributed by atoms with Gasteiger partial charge in [0.15, 0.2) is 4.47 Å². The van der Waals surface area contributed by atoms with Crippen LogP contribution in [0.2, 0.25) is 4.47 Å². The minimum absolute atomic E-state index is 0.174. The zero-order valence-corrected chi connectivity index (χ0v) is 12.4. The molecule has 0 bridgehead atoms. The Kier molecular flexibility index (Phi) is 5.19. The van der Waals surface area contributed by atoms with Crippen molar-refractivity contribution < 1.29 is 4.21 Å². The van der Waals surface area contributed by atoms with Crippen LogP contribution in [0.3, 0.4) is 0 Å². The predicted molar refractivity (Wildman–Crippen MR) is 71.6 cm³/mol. The lowest BCUT2D eigenvalue weighted by Crippen LogP contribution is -2.36. The van der Waals surface area contributed by atoms with Crippen molar-refractivity contribution >= 4 is 45.5 Å². The topological polar surface area (TPSA) is 42.0 Å². The van der Waals surface area contributed by atoms with Gasteiger partial charge >= 0.3 is 0 Å². The van der Waals surface area contributed by atoms with Gasteiger partial charge in [0, 0.05) is 17.0 Å². The third kappa shape index (κ3) is 3.96. The fourth-order valence-corrected chi connectivity index (χ4v) is 3.23. The second-order valence-corrected chi connectivity index (χ2v) is 8.17. The largest absolute Gasteiger partial charge is 0.242 e. The van der Waals surface area contributed by atoms with E-state index in [1.54, 1.807) is 6.20 Å². The van der Waals surface area contributed by atoms with Gasteiger partial charge in [0.1, 0.15) is 0 Å². The monoisotopic (exact) mass is 300 g/mol. The molecule has 0 aromatic carbocycles. The Morgan fingerprint density at radius 1 is 1.62 bits per heavy atom. The summed E-state index contributed by atoms with van der Waals surface area (Å²) >= 11 is 12.9. The molecule has 7 heteroatoms. The van der Waals surface area contributed by atoms with E-state index < -0.39 is 11.0 Å². The van der Waals surface area contributed by atoms with Gasteiger partial charge in [-0.25, -0.2) is 13.9 Å². The lowest BCUT2D eigenvalue weighted by atomic mass is 10.3. The molecule has 0 saturated carbocycles. The van der Waals surface area contributed by atoms with Gasteiger partial charge in [0.2, 0.25) is 0 Å².